The molecule has 1 aromatic carbocycles. The highest BCUT2D eigenvalue weighted by Crippen LogP contribution is 2.25. The van der Waals surface area contributed by atoms with Crippen LogP contribution in [0.4, 0.5) is 0 Å². The van der Waals surface area contributed by atoms with Crippen LogP contribution in [0.15, 0.2) is 51.3 Å². The molecule has 2 heterocycles. The number of H-pyrrole nitrogens is 1. The number of rotatable bonds is 5. The van der Waals surface area contributed by atoms with Crippen molar-refractivity contribution in [1.29, 1.82) is 0 Å². The van der Waals surface area contributed by atoms with Gasteiger partial charge in [0, 0.05) is 16.5 Å². The summed E-state index contributed by atoms with van der Waals surface area (Å²) in [7, 11) is -3.86. The van der Waals surface area contributed by atoms with Gasteiger partial charge in [0.25, 0.3) is 0 Å². The molecule has 11 heteroatoms. The molecule has 2 N–H and O–H groups in total. The first-order valence-corrected chi connectivity index (χ1v) is 9.39. The molecule has 128 valence electrons. The van der Waals surface area contributed by atoms with E-state index in [2.05, 4.69) is 20.2 Å². The number of nitrogens with one attached hydrogen (secondary N) is 1. The van der Waals surface area contributed by atoms with Crippen LogP contribution in [0.3, 0.4) is 0 Å². The maximum atomic E-state index is 12.5. The Bertz CT molecular complexity index is 1040. The van der Waals surface area contributed by atoms with Crippen LogP contribution in [0.25, 0.3) is 5.76 Å². The monoisotopic (exact) mass is 396 g/mol. The summed E-state index contributed by atoms with van der Waals surface area (Å²) in [5.74, 6) is -1.19. The van der Waals surface area contributed by atoms with Crippen molar-refractivity contribution < 1.29 is 18.3 Å². The van der Waals surface area contributed by atoms with E-state index in [1.807, 2.05) is 0 Å². The van der Waals surface area contributed by atoms with E-state index in [-0.39, 0.29) is 20.8 Å². The fourth-order valence-corrected chi connectivity index (χ4v) is 4.32. The number of aromatic nitrogens is 4. The lowest BCUT2D eigenvalue weighted by atomic mass is 10.2. The largest absolute Gasteiger partial charge is 0.504 e. The van der Waals surface area contributed by atoms with E-state index in [0.717, 1.165) is 17.4 Å². The molecule has 8 nitrogen and oxygen atoms in total. The van der Waals surface area contributed by atoms with E-state index < -0.39 is 21.4 Å². The molecular weight excluding hydrogens is 388 g/mol. The lowest BCUT2D eigenvalue weighted by Gasteiger charge is -2.00. The van der Waals surface area contributed by atoms with Crippen molar-refractivity contribution in [2.24, 2.45) is 0 Å². The minimum Gasteiger partial charge on any atom is -0.504 e. The smallest absolute Gasteiger partial charge is 0.233 e. The van der Waals surface area contributed by atoms with Crippen molar-refractivity contribution in [3.05, 3.63) is 58.6 Å². The number of sulfone groups is 1. The molecule has 0 amide bonds. The number of aromatic amines is 1. The molecule has 0 atom stereocenters. The number of aliphatic hydroxyl groups excluding tert-OH is 1. The first-order valence-electron chi connectivity index (χ1n) is 6.65. The number of benzene rings is 1. The maximum Gasteiger partial charge on any atom is 0.233 e. The third kappa shape index (κ3) is 3.60. The van der Waals surface area contributed by atoms with Crippen LogP contribution >= 0.6 is 22.9 Å². The summed E-state index contributed by atoms with van der Waals surface area (Å²) in [6, 6.07) is 5.61. The molecule has 0 saturated heterocycles. The second-order valence-corrected chi connectivity index (χ2v) is 8.09. The minimum absolute atomic E-state index is 0.0179. The fraction of sp³-hybridized carbons (Fsp3) is 0. The Morgan fingerprint density at radius 2 is 2.00 bits per heavy atom. The molecule has 2 aromatic heterocycles. The van der Waals surface area contributed by atoms with Crippen LogP contribution in [-0.4, -0.2) is 39.5 Å². The quantitative estimate of drug-likeness (QED) is 0.385. The maximum absolute atomic E-state index is 12.5. The highest BCUT2D eigenvalue weighted by atomic mass is 35.5. The summed E-state index contributed by atoms with van der Waals surface area (Å²) in [5, 5.41) is 17.5. The van der Waals surface area contributed by atoms with Crippen LogP contribution < -0.4 is 0 Å². The lowest BCUT2D eigenvalue weighted by Crippen LogP contribution is -2.03. The Morgan fingerprint density at radius 1 is 1.28 bits per heavy atom. The third-order valence-corrected chi connectivity index (χ3v) is 6.28. The molecule has 0 saturated carbocycles. The molecule has 0 radical (unpaired) electrons. The van der Waals surface area contributed by atoms with Crippen LogP contribution in [0, 0.1) is 0 Å². The Kier molecular flexibility index (Phi) is 4.66. The molecule has 25 heavy (non-hydrogen) atoms. The van der Waals surface area contributed by atoms with Crippen molar-refractivity contribution in [1.82, 2.24) is 20.2 Å². The molecule has 0 bridgehead atoms. The number of carbonyl (C=O) groups excluding carboxylic acids is 1. The molecular formula is C14H9ClN4O4S2. The van der Waals surface area contributed by atoms with Gasteiger partial charge in [-0.1, -0.05) is 11.6 Å². The summed E-state index contributed by atoms with van der Waals surface area (Å²) < 4.78 is 24.8. The van der Waals surface area contributed by atoms with Crippen LogP contribution in [0.2, 0.25) is 5.02 Å². The molecule has 0 aliphatic rings. The number of hydrogen-bond acceptors (Lipinski definition) is 8. The van der Waals surface area contributed by atoms with Gasteiger partial charge in [-0.2, -0.15) is 5.10 Å². The predicted molar refractivity (Wildman–Crippen MR) is 90.3 cm³/mol. The molecule has 0 aliphatic carbocycles. The van der Waals surface area contributed by atoms with Gasteiger partial charge in [-0.25, -0.2) is 18.4 Å². The number of allylic oxidation sites excluding steroid dienone is 1. The number of carbonyl (C=O) groups is 1. The number of halogens is 1. The second kappa shape index (κ2) is 6.75. The van der Waals surface area contributed by atoms with Gasteiger partial charge in [-0.15, -0.1) is 11.3 Å². The van der Waals surface area contributed by atoms with Crippen molar-refractivity contribution in [2.45, 2.75) is 9.24 Å². The predicted octanol–water partition coefficient (Wildman–Crippen LogP) is 2.53. The van der Waals surface area contributed by atoms with Gasteiger partial charge >= 0.3 is 0 Å². The fourth-order valence-electron chi connectivity index (χ4n) is 1.80. The van der Waals surface area contributed by atoms with Crippen molar-refractivity contribution in [2.75, 3.05) is 0 Å². The van der Waals surface area contributed by atoms with E-state index >= 15 is 0 Å². The highest BCUT2D eigenvalue weighted by molar-refractivity contribution is 7.93. The summed E-state index contributed by atoms with van der Waals surface area (Å²) in [4.78, 5) is 19.7. The van der Waals surface area contributed by atoms with Gasteiger partial charge in [0.1, 0.15) is 12.0 Å². The van der Waals surface area contributed by atoms with E-state index in [1.165, 1.54) is 36.0 Å². The average molecular weight is 397 g/mol. The first-order chi connectivity index (χ1) is 11.9. The van der Waals surface area contributed by atoms with Crippen molar-refractivity contribution in [3.8, 4) is 0 Å². The lowest BCUT2D eigenvalue weighted by molar-refractivity contribution is 0.104. The molecule has 3 rings (SSSR count). The van der Waals surface area contributed by atoms with Gasteiger partial charge in [-0.05, 0) is 24.3 Å². The second-order valence-electron chi connectivity index (χ2n) is 4.67. The van der Waals surface area contributed by atoms with E-state index in [4.69, 9.17) is 11.6 Å². The zero-order valence-corrected chi connectivity index (χ0v) is 14.6. The molecule has 0 unspecified atom stereocenters. The van der Waals surface area contributed by atoms with Gasteiger partial charge in [0.2, 0.25) is 25.8 Å². The Morgan fingerprint density at radius 3 is 2.64 bits per heavy atom. The summed E-state index contributed by atoms with van der Waals surface area (Å²) in [6.45, 7) is 0. The van der Waals surface area contributed by atoms with E-state index in [1.54, 1.807) is 0 Å². The average Bonchev–Trinajstić information content (AvgIpc) is 3.27. The zero-order chi connectivity index (χ0) is 18.0. The normalized spacial score (nSPS) is 12.3. The third-order valence-electron chi connectivity index (χ3n) is 3.00. The zero-order valence-electron chi connectivity index (χ0n) is 12.2. The van der Waals surface area contributed by atoms with Gasteiger partial charge in [0.05, 0.1) is 4.90 Å². The van der Waals surface area contributed by atoms with Crippen LogP contribution in [-0.2, 0) is 9.84 Å². The van der Waals surface area contributed by atoms with Gasteiger partial charge in [-0.3, -0.25) is 9.89 Å². The summed E-state index contributed by atoms with van der Waals surface area (Å²) >= 11 is 6.56. The minimum atomic E-state index is -3.86. The molecule has 0 fully saturated rings. The standard InChI is InChI=1S/C14H9ClN4O4S2/c15-8-1-3-9(4-2-8)25(22,23)14-18-10(6-24-14)11(20)5-12(21)13-16-7-17-19-13/h1-7,21H,(H,16,17,19). The van der Waals surface area contributed by atoms with Crippen LogP contribution in [0.5, 0.6) is 0 Å². The van der Waals surface area contributed by atoms with Crippen molar-refractivity contribution >= 4 is 44.3 Å². The summed E-state index contributed by atoms with van der Waals surface area (Å²) in [5.41, 5.74) is -0.111. The Balaban J connectivity index is 1.88. The van der Waals surface area contributed by atoms with Crippen LogP contribution in [0.1, 0.15) is 16.3 Å². The Labute approximate surface area is 150 Å². The van der Waals surface area contributed by atoms with Crippen molar-refractivity contribution in [3.63, 3.8) is 0 Å². The van der Waals surface area contributed by atoms with E-state index in [9.17, 15) is 18.3 Å². The van der Waals surface area contributed by atoms with E-state index in [0.29, 0.717) is 5.02 Å². The number of hydrogen-bond donors (Lipinski definition) is 2. The number of aliphatic hydroxyl groups is 1. The summed E-state index contributed by atoms with van der Waals surface area (Å²) in [6.07, 6.45) is 2.11. The Hall–Kier alpha value is -2.56. The number of ketones is 1. The van der Waals surface area contributed by atoms with Gasteiger partial charge in [0.15, 0.2) is 5.76 Å². The molecule has 3 aromatic rings. The number of nitrogens with zero attached hydrogens (tertiary/aromatic N) is 3. The first kappa shape index (κ1) is 17.3. The molecule has 0 spiro atoms. The van der Waals surface area contributed by atoms with Gasteiger partial charge < -0.3 is 5.11 Å². The number of thiazole rings is 1. The topological polar surface area (TPSA) is 126 Å². The SMILES string of the molecule is O=C(C=C(O)c1nc[nH]n1)c1csc(S(=O)(=O)c2ccc(Cl)cc2)n1. The highest BCUT2D eigenvalue weighted by Gasteiger charge is 2.23. The molecule has 0 aliphatic heterocycles.